The van der Waals surface area contributed by atoms with Crippen LogP contribution in [-0.2, 0) is 12.8 Å². The Labute approximate surface area is 142 Å². The summed E-state index contributed by atoms with van der Waals surface area (Å²) >= 11 is 1.48. The molecule has 0 bridgehead atoms. The van der Waals surface area contributed by atoms with Gasteiger partial charge in [0, 0.05) is 10.4 Å². The number of fused-ring (bicyclic) bond motifs is 1. The molecule has 4 nitrogen and oxygen atoms in total. The van der Waals surface area contributed by atoms with Gasteiger partial charge in [-0.05, 0) is 49.9 Å². The van der Waals surface area contributed by atoms with Crippen molar-refractivity contribution in [3.63, 3.8) is 0 Å². The van der Waals surface area contributed by atoms with Crippen LogP contribution in [-0.4, -0.2) is 18.2 Å². The number of nitrogens with zero attached hydrogens (tertiary/aromatic N) is 1. The fraction of sp³-hybridized carbons (Fsp3) is 0.294. The number of aryl methyl sites for hydroxylation is 2. The molecule has 7 heteroatoms. The Morgan fingerprint density at radius 1 is 1.33 bits per heavy atom. The van der Waals surface area contributed by atoms with Crippen LogP contribution < -0.4 is 10.2 Å². The standard InChI is InChI=1S/C17H16F2N2O2S/c1-10(12-6-2-3-7-13(12)23-17(18)19)20-21-16(22)15-9-11-5-4-8-14(11)24-15/h2-3,6-7,9,17H,4-5,8H2,1H3,(H,21,22)/b20-10-. The van der Waals surface area contributed by atoms with Gasteiger partial charge in [0.2, 0.25) is 0 Å². The van der Waals surface area contributed by atoms with E-state index >= 15 is 0 Å². The van der Waals surface area contributed by atoms with E-state index in [1.54, 1.807) is 25.1 Å². The van der Waals surface area contributed by atoms with E-state index in [0.717, 1.165) is 19.3 Å². The predicted molar refractivity (Wildman–Crippen MR) is 89.1 cm³/mol. The van der Waals surface area contributed by atoms with Gasteiger partial charge in [-0.25, -0.2) is 5.43 Å². The van der Waals surface area contributed by atoms with Crippen molar-refractivity contribution in [3.8, 4) is 5.75 Å². The molecular weight excluding hydrogens is 334 g/mol. The van der Waals surface area contributed by atoms with Gasteiger partial charge in [-0.3, -0.25) is 4.79 Å². The molecule has 1 aliphatic carbocycles. The van der Waals surface area contributed by atoms with Crippen molar-refractivity contribution in [2.75, 3.05) is 0 Å². The largest absolute Gasteiger partial charge is 0.434 e. The topological polar surface area (TPSA) is 50.7 Å². The molecule has 1 aromatic carbocycles. The number of ether oxygens (including phenoxy) is 1. The Morgan fingerprint density at radius 2 is 2.12 bits per heavy atom. The maximum absolute atomic E-state index is 12.4. The first-order valence-electron chi connectivity index (χ1n) is 7.55. The lowest BCUT2D eigenvalue weighted by atomic mass is 10.1. The Kier molecular flexibility index (Phi) is 4.89. The summed E-state index contributed by atoms with van der Waals surface area (Å²) in [5.41, 5.74) is 4.52. The second-order valence-electron chi connectivity index (χ2n) is 5.43. The second-order valence-corrected chi connectivity index (χ2v) is 6.56. The van der Waals surface area contributed by atoms with Gasteiger partial charge in [-0.1, -0.05) is 12.1 Å². The SMILES string of the molecule is C/C(=N/NC(=O)c1cc2c(s1)CCC2)c1ccccc1OC(F)F. The van der Waals surface area contributed by atoms with E-state index in [4.69, 9.17) is 0 Å². The summed E-state index contributed by atoms with van der Waals surface area (Å²) in [6, 6.07) is 8.24. The van der Waals surface area contributed by atoms with Crippen LogP contribution in [0.5, 0.6) is 5.75 Å². The highest BCUT2D eigenvalue weighted by Gasteiger charge is 2.18. The number of hydrazone groups is 1. The Hall–Kier alpha value is -2.28. The molecule has 0 atom stereocenters. The quantitative estimate of drug-likeness (QED) is 0.655. The van der Waals surface area contributed by atoms with Crippen LogP contribution in [0.4, 0.5) is 8.78 Å². The maximum atomic E-state index is 12.4. The molecule has 0 spiro atoms. The predicted octanol–water partition coefficient (Wildman–Crippen LogP) is 3.99. The average Bonchev–Trinajstić information content (AvgIpc) is 3.13. The van der Waals surface area contributed by atoms with Gasteiger partial charge in [-0.15, -0.1) is 11.3 Å². The third-order valence-corrected chi connectivity index (χ3v) is 5.02. The first kappa shape index (κ1) is 16.6. The van der Waals surface area contributed by atoms with E-state index in [9.17, 15) is 13.6 Å². The van der Waals surface area contributed by atoms with Crippen molar-refractivity contribution >= 4 is 23.0 Å². The molecule has 0 saturated heterocycles. The highest BCUT2D eigenvalue weighted by molar-refractivity contribution is 7.14. The minimum atomic E-state index is -2.91. The first-order chi connectivity index (χ1) is 11.5. The summed E-state index contributed by atoms with van der Waals surface area (Å²) in [6.45, 7) is -1.29. The van der Waals surface area contributed by atoms with Crippen molar-refractivity contribution < 1.29 is 18.3 Å². The number of thiophene rings is 1. The Morgan fingerprint density at radius 3 is 2.88 bits per heavy atom. The number of amides is 1. The maximum Gasteiger partial charge on any atom is 0.387 e. The van der Waals surface area contributed by atoms with Crippen LogP contribution in [0.15, 0.2) is 35.4 Å². The van der Waals surface area contributed by atoms with Crippen molar-refractivity contribution in [1.29, 1.82) is 0 Å². The molecule has 0 aliphatic heterocycles. The van der Waals surface area contributed by atoms with Crippen molar-refractivity contribution in [3.05, 3.63) is 51.2 Å². The fourth-order valence-electron chi connectivity index (χ4n) is 2.66. The number of nitrogens with one attached hydrogen (secondary N) is 1. The van der Waals surface area contributed by atoms with Gasteiger partial charge in [0.25, 0.3) is 5.91 Å². The monoisotopic (exact) mass is 350 g/mol. The Balaban J connectivity index is 1.73. The summed E-state index contributed by atoms with van der Waals surface area (Å²) in [4.78, 5) is 14.1. The zero-order valence-corrected chi connectivity index (χ0v) is 13.8. The zero-order chi connectivity index (χ0) is 17.1. The van der Waals surface area contributed by atoms with Gasteiger partial charge in [0.15, 0.2) is 0 Å². The molecule has 1 aliphatic rings. The number of carbonyl (C=O) groups excluding carboxylic acids is 1. The van der Waals surface area contributed by atoms with E-state index in [1.165, 1.54) is 27.8 Å². The minimum absolute atomic E-state index is 0.0260. The van der Waals surface area contributed by atoms with Crippen LogP contribution in [0.2, 0.25) is 0 Å². The summed E-state index contributed by atoms with van der Waals surface area (Å²) in [7, 11) is 0. The van der Waals surface area contributed by atoms with E-state index in [0.29, 0.717) is 16.2 Å². The van der Waals surface area contributed by atoms with Crippen LogP contribution in [0.1, 0.15) is 39.0 Å². The lowest BCUT2D eigenvalue weighted by molar-refractivity contribution is -0.0499. The number of carbonyl (C=O) groups is 1. The number of benzene rings is 1. The minimum Gasteiger partial charge on any atom is -0.434 e. The number of rotatable bonds is 5. The normalized spacial score (nSPS) is 13.9. The van der Waals surface area contributed by atoms with Gasteiger partial charge >= 0.3 is 6.61 Å². The summed E-state index contributed by atoms with van der Waals surface area (Å²) in [5, 5.41) is 4.02. The van der Waals surface area contributed by atoms with Gasteiger partial charge in [0.1, 0.15) is 5.75 Å². The Bertz CT molecular complexity index is 765. The van der Waals surface area contributed by atoms with Gasteiger partial charge in [-0.2, -0.15) is 13.9 Å². The number of halogens is 2. The van der Waals surface area contributed by atoms with Crippen molar-refractivity contribution in [2.45, 2.75) is 32.8 Å². The molecular formula is C17H16F2N2O2S. The molecule has 2 aromatic rings. The third-order valence-electron chi connectivity index (χ3n) is 3.79. The van der Waals surface area contributed by atoms with E-state index in [2.05, 4.69) is 15.3 Å². The zero-order valence-electron chi connectivity index (χ0n) is 13.0. The average molecular weight is 350 g/mol. The molecule has 1 amide bonds. The van der Waals surface area contributed by atoms with E-state index < -0.39 is 6.61 Å². The second kappa shape index (κ2) is 7.09. The molecule has 0 fully saturated rings. The highest BCUT2D eigenvalue weighted by Crippen LogP contribution is 2.30. The highest BCUT2D eigenvalue weighted by atomic mass is 32.1. The number of hydrogen-bond donors (Lipinski definition) is 1. The first-order valence-corrected chi connectivity index (χ1v) is 8.36. The van der Waals surface area contributed by atoms with Crippen molar-refractivity contribution in [1.82, 2.24) is 5.43 Å². The molecule has 126 valence electrons. The summed E-state index contributed by atoms with van der Waals surface area (Å²) < 4.78 is 29.4. The lowest BCUT2D eigenvalue weighted by Gasteiger charge is -2.10. The molecule has 1 aromatic heterocycles. The number of alkyl halides is 2. The summed E-state index contributed by atoms with van der Waals surface area (Å²) in [5.74, 6) is -0.265. The van der Waals surface area contributed by atoms with E-state index in [1.807, 2.05) is 6.07 Å². The smallest absolute Gasteiger partial charge is 0.387 e. The van der Waals surface area contributed by atoms with Crippen LogP contribution >= 0.6 is 11.3 Å². The molecule has 0 saturated carbocycles. The van der Waals surface area contributed by atoms with Crippen LogP contribution in [0, 0.1) is 0 Å². The van der Waals surface area contributed by atoms with Crippen LogP contribution in [0.25, 0.3) is 0 Å². The summed E-state index contributed by atoms with van der Waals surface area (Å²) in [6.07, 6.45) is 3.18. The molecule has 0 radical (unpaired) electrons. The lowest BCUT2D eigenvalue weighted by Crippen LogP contribution is -2.18. The molecule has 0 unspecified atom stereocenters. The van der Waals surface area contributed by atoms with E-state index in [-0.39, 0.29) is 11.7 Å². The molecule has 24 heavy (non-hydrogen) atoms. The van der Waals surface area contributed by atoms with Crippen LogP contribution in [0.3, 0.4) is 0 Å². The number of hydrogen-bond acceptors (Lipinski definition) is 4. The fourth-order valence-corrected chi connectivity index (χ4v) is 3.80. The van der Waals surface area contributed by atoms with Crippen molar-refractivity contribution in [2.24, 2.45) is 5.10 Å². The third kappa shape index (κ3) is 3.62. The number of para-hydroxylation sites is 1. The van der Waals surface area contributed by atoms with Gasteiger partial charge in [0.05, 0.1) is 10.6 Å². The molecule has 1 heterocycles. The molecule has 3 rings (SSSR count). The molecule has 1 N–H and O–H groups in total. The van der Waals surface area contributed by atoms with Gasteiger partial charge < -0.3 is 4.74 Å².